The number of anilines is 1. The van der Waals surface area contributed by atoms with Gasteiger partial charge in [-0.2, -0.15) is 0 Å². The third-order valence-electron chi connectivity index (χ3n) is 3.17. The molecule has 1 heterocycles. The summed E-state index contributed by atoms with van der Waals surface area (Å²) < 4.78 is 0. The molecule has 1 aromatic rings. The van der Waals surface area contributed by atoms with Gasteiger partial charge in [-0.1, -0.05) is 12.1 Å². The van der Waals surface area contributed by atoms with E-state index >= 15 is 0 Å². The van der Waals surface area contributed by atoms with Crippen molar-refractivity contribution in [3.8, 4) is 0 Å². The molecule has 0 spiro atoms. The van der Waals surface area contributed by atoms with E-state index in [1.54, 1.807) is 0 Å². The molecule has 1 saturated heterocycles. The quantitative estimate of drug-likeness (QED) is 0.722. The van der Waals surface area contributed by atoms with E-state index in [2.05, 4.69) is 29.2 Å². The van der Waals surface area contributed by atoms with Gasteiger partial charge in [0.1, 0.15) is 0 Å². The molecule has 0 aliphatic carbocycles. The van der Waals surface area contributed by atoms with Crippen molar-refractivity contribution in [3.63, 3.8) is 0 Å². The van der Waals surface area contributed by atoms with E-state index in [-0.39, 0.29) is 5.38 Å². The molecule has 88 valence electrons. The minimum Gasteiger partial charge on any atom is -0.372 e. The van der Waals surface area contributed by atoms with Crippen molar-refractivity contribution in [3.05, 3.63) is 29.8 Å². The highest BCUT2D eigenvalue weighted by Gasteiger charge is 2.10. The second kappa shape index (κ2) is 5.58. The maximum atomic E-state index is 5.99. The lowest BCUT2D eigenvalue weighted by molar-refractivity contribution is 0.578. The number of piperidine rings is 1. The fourth-order valence-electron chi connectivity index (χ4n) is 2.32. The van der Waals surface area contributed by atoms with E-state index in [4.69, 9.17) is 11.6 Å². The SMILES string of the molecule is CC(Cl)Cc1ccc(N2CCCCC2)cc1. The summed E-state index contributed by atoms with van der Waals surface area (Å²) in [7, 11) is 0. The fourth-order valence-corrected chi connectivity index (χ4v) is 2.50. The Hall–Kier alpha value is -0.690. The highest BCUT2D eigenvalue weighted by atomic mass is 35.5. The first-order valence-electron chi connectivity index (χ1n) is 6.23. The minimum absolute atomic E-state index is 0.223. The molecule has 1 aromatic carbocycles. The van der Waals surface area contributed by atoms with E-state index in [1.807, 2.05) is 6.92 Å². The van der Waals surface area contributed by atoms with Gasteiger partial charge in [0.15, 0.2) is 0 Å². The van der Waals surface area contributed by atoms with Crippen molar-refractivity contribution in [1.29, 1.82) is 0 Å². The van der Waals surface area contributed by atoms with E-state index < -0.39 is 0 Å². The normalized spacial score (nSPS) is 18.5. The molecule has 1 atom stereocenters. The van der Waals surface area contributed by atoms with Crippen molar-refractivity contribution in [2.24, 2.45) is 0 Å². The number of nitrogens with zero attached hydrogens (tertiary/aromatic N) is 1. The maximum Gasteiger partial charge on any atom is 0.0366 e. The number of hydrogen-bond acceptors (Lipinski definition) is 1. The zero-order valence-corrected chi connectivity index (χ0v) is 10.7. The highest BCUT2D eigenvalue weighted by molar-refractivity contribution is 6.20. The molecule has 1 fully saturated rings. The summed E-state index contributed by atoms with van der Waals surface area (Å²) in [5.41, 5.74) is 2.70. The number of rotatable bonds is 3. The largest absolute Gasteiger partial charge is 0.372 e. The fraction of sp³-hybridized carbons (Fsp3) is 0.571. The molecular weight excluding hydrogens is 218 g/mol. The Kier molecular flexibility index (Phi) is 4.11. The molecule has 1 aliphatic rings. The Morgan fingerprint density at radius 2 is 1.75 bits per heavy atom. The molecule has 1 nitrogen and oxygen atoms in total. The predicted octanol–water partition coefficient (Wildman–Crippen LogP) is 3.85. The number of halogens is 1. The Morgan fingerprint density at radius 1 is 1.12 bits per heavy atom. The van der Waals surface area contributed by atoms with Gasteiger partial charge in [-0.25, -0.2) is 0 Å². The molecular formula is C14H20ClN. The summed E-state index contributed by atoms with van der Waals surface area (Å²) in [5, 5.41) is 0.223. The topological polar surface area (TPSA) is 3.24 Å². The second-order valence-corrected chi connectivity index (χ2v) is 5.44. The molecule has 1 unspecified atom stereocenters. The summed E-state index contributed by atoms with van der Waals surface area (Å²) in [6.45, 7) is 4.47. The Balaban J connectivity index is 2.00. The lowest BCUT2D eigenvalue weighted by Crippen LogP contribution is -2.29. The Bertz CT molecular complexity index is 312. The van der Waals surface area contributed by atoms with E-state index in [9.17, 15) is 0 Å². The van der Waals surface area contributed by atoms with Gasteiger partial charge in [0.05, 0.1) is 0 Å². The van der Waals surface area contributed by atoms with Crippen LogP contribution in [0, 0.1) is 0 Å². The number of alkyl halides is 1. The molecule has 2 heteroatoms. The van der Waals surface area contributed by atoms with E-state index in [0.29, 0.717) is 0 Å². The van der Waals surface area contributed by atoms with Crippen molar-refractivity contribution >= 4 is 17.3 Å². The van der Waals surface area contributed by atoms with Crippen LogP contribution in [-0.4, -0.2) is 18.5 Å². The van der Waals surface area contributed by atoms with Crippen LogP contribution in [0.15, 0.2) is 24.3 Å². The molecule has 2 rings (SSSR count). The van der Waals surface area contributed by atoms with Crippen LogP contribution in [0.3, 0.4) is 0 Å². The third-order valence-corrected chi connectivity index (χ3v) is 3.33. The minimum atomic E-state index is 0.223. The van der Waals surface area contributed by atoms with Crippen LogP contribution >= 0.6 is 11.6 Å². The highest BCUT2D eigenvalue weighted by Crippen LogP contribution is 2.20. The maximum absolute atomic E-state index is 5.99. The van der Waals surface area contributed by atoms with Crippen molar-refractivity contribution < 1.29 is 0 Å². The van der Waals surface area contributed by atoms with Gasteiger partial charge in [-0.3, -0.25) is 0 Å². The van der Waals surface area contributed by atoms with Gasteiger partial charge in [0, 0.05) is 24.2 Å². The van der Waals surface area contributed by atoms with Gasteiger partial charge in [-0.15, -0.1) is 11.6 Å². The van der Waals surface area contributed by atoms with E-state index in [1.165, 1.54) is 43.6 Å². The van der Waals surface area contributed by atoms with Gasteiger partial charge >= 0.3 is 0 Å². The first kappa shape index (κ1) is 11.8. The van der Waals surface area contributed by atoms with Crippen LogP contribution in [0.1, 0.15) is 31.7 Å². The smallest absolute Gasteiger partial charge is 0.0366 e. The van der Waals surface area contributed by atoms with E-state index in [0.717, 1.165) is 6.42 Å². The van der Waals surface area contributed by atoms with Crippen LogP contribution in [0.4, 0.5) is 5.69 Å². The van der Waals surface area contributed by atoms with Crippen LogP contribution in [-0.2, 0) is 6.42 Å². The van der Waals surface area contributed by atoms with Gasteiger partial charge in [0.2, 0.25) is 0 Å². The average Bonchev–Trinajstić information content (AvgIpc) is 2.30. The van der Waals surface area contributed by atoms with Crippen molar-refractivity contribution in [1.82, 2.24) is 0 Å². The third kappa shape index (κ3) is 3.15. The summed E-state index contributed by atoms with van der Waals surface area (Å²) in [6.07, 6.45) is 5.01. The average molecular weight is 238 g/mol. The molecule has 0 radical (unpaired) electrons. The van der Waals surface area contributed by atoms with Crippen molar-refractivity contribution in [2.45, 2.75) is 38.0 Å². The molecule has 0 bridgehead atoms. The van der Waals surface area contributed by atoms with Crippen LogP contribution < -0.4 is 4.90 Å². The first-order chi connectivity index (χ1) is 7.75. The summed E-state index contributed by atoms with van der Waals surface area (Å²) in [5.74, 6) is 0. The molecule has 16 heavy (non-hydrogen) atoms. The van der Waals surface area contributed by atoms with Crippen molar-refractivity contribution in [2.75, 3.05) is 18.0 Å². The first-order valence-corrected chi connectivity index (χ1v) is 6.67. The molecule has 0 saturated carbocycles. The Morgan fingerprint density at radius 3 is 2.31 bits per heavy atom. The number of benzene rings is 1. The summed E-state index contributed by atoms with van der Waals surface area (Å²) in [6, 6.07) is 8.89. The zero-order valence-electron chi connectivity index (χ0n) is 9.95. The molecule has 0 N–H and O–H groups in total. The lowest BCUT2D eigenvalue weighted by atomic mass is 10.1. The van der Waals surface area contributed by atoms with Gasteiger partial charge in [0.25, 0.3) is 0 Å². The van der Waals surface area contributed by atoms with Crippen LogP contribution in [0.5, 0.6) is 0 Å². The molecule has 0 amide bonds. The van der Waals surface area contributed by atoms with Crippen LogP contribution in [0.25, 0.3) is 0 Å². The standard InChI is InChI=1S/C14H20ClN/c1-12(15)11-13-5-7-14(8-6-13)16-9-3-2-4-10-16/h5-8,12H,2-4,9-11H2,1H3. The summed E-state index contributed by atoms with van der Waals surface area (Å²) >= 11 is 5.99. The molecule has 0 aromatic heterocycles. The predicted molar refractivity (Wildman–Crippen MR) is 71.5 cm³/mol. The van der Waals surface area contributed by atoms with Gasteiger partial charge in [-0.05, 0) is 50.3 Å². The lowest BCUT2D eigenvalue weighted by Gasteiger charge is -2.28. The summed E-state index contributed by atoms with van der Waals surface area (Å²) in [4.78, 5) is 2.48. The van der Waals surface area contributed by atoms with Crippen LogP contribution in [0.2, 0.25) is 0 Å². The number of hydrogen-bond donors (Lipinski definition) is 0. The second-order valence-electron chi connectivity index (χ2n) is 4.70. The zero-order chi connectivity index (χ0) is 11.4. The molecule has 1 aliphatic heterocycles. The van der Waals surface area contributed by atoms with Gasteiger partial charge < -0.3 is 4.90 Å². The Labute approximate surface area is 103 Å². The monoisotopic (exact) mass is 237 g/mol.